The monoisotopic (exact) mass is 237 g/mol. The van der Waals surface area contributed by atoms with Crippen LogP contribution in [0, 0.1) is 19.3 Å². The van der Waals surface area contributed by atoms with Crippen LogP contribution in [-0.4, -0.2) is 14.5 Å². The van der Waals surface area contributed by atoms with Gasteiger partial charge in [-0.2, -0.15) is 4.72 Å². The zero-order chi connectivity index (χ0) is 12.2. The number of benzene rings is 1. The summed E-state index contributed by atoms with van der Waals surface area (Å²) >= 11 is 0. The van der Waals surface area contributed by atoms with Gasteiger partial charge in [0.15, 0.2) is 0 Å². The number of aryl methyl sites for hydroxylation is 1. The molecule has 1 aromatic rings. The molecular formula is C12H15NO2S. The maximum Gasteiger partial charge on any atom is 0.241 e. The van der Waals surface area contributed by atoms with Crippen LogP contribution in [0.3, 0.4) is 0 Å². The van der Waals surface area contributed by atoms with Crippen LogP contribution in [0.2, 0.25) is 0 Å². The SMILES string of the molecule is C#CC(CC)NS(=O)(=O)c1cccc(C)c1. The first-order chi connectivity index (χ1) is 7.49. The van der Waals surface area contributed by atoms with Crippen molar-refractivity contribution < 1.29 is 8.42 Å². The average molecular weight is 237 g/mol. The van der Waals surface area contributed by atoms with Gasteiger partial charge in [0, 0.05) is 0 Å². The fourth-order valence-corrected chi connectivity index (χ4v) is 2.62. The van der Waals surface area contributed by atoms with E-state index in [1.165, 1.54) is 0 Å². The number of hydrogen-bond donors (Lipinski definition) is 1. The Bertz CT molecular complexity index is 500. The number of hydrogen-bond acceptors (Lipinski definition) is 2. The normalized spacial score (nSPS) is 13.1. The summed E-state index contributed by atoms with van der Waals surface area (Å²) in [6, 6.07) is 6.27. The van der Waals surface area contributed by atoms with Crippen LogP contribution < -0.4 is 4.72 Å². The Morgan fingerprint density at radius 3 is 2.69 bits per heavy atom. The molecule has 1 atom stereocenters. The number of nitrogens with one attached hydrogen (secondary N) is 1. The summed E-state index contributed by atoms with van der Waals surface area (Å²) < 4.78 is 26.3. The minimum atomic E-state index is -3.50. The van der Waals surface area contributed by atoms with Gasteiger partial charge in [-0.1, -0.05) is 25.0 Å². The Morgan fingerprint density at radius 1 is 1.50 bits per heavy atom. The van der Waals surface area contributed by atoms with Crippen LogP contribution in [0.5, 0.6) is 0 Å². The van der Waals surface area contributed by atoms with E-state index >= 15 is 0 Å². The lowest BCUT2D eigenvalue weighted by molar-refractivity contribution is 0.570. The lowest BCUT2D eigenvalue weighted by Gasteiger charge is -2.11. The molecule has 1 aromatic carbocycles. The average Bonchev–Trinajstić information content (AvgIpc) is 2.26. The molecule has 86 valence electrons. The fourth-order valence-electron chi connectivity index (χ4n) is 1.27. The van der Waals surface area contributed by atoms with E-state index < -0.39 is 16.1 Å². The van der Waals surface area contributed by atoms with E-state index in [4.69, 9.17) is 6.42 Å². The zero-order valence-corrected chi connectivity index (χ0v) is 10.2. The van der Waals surface area contributed by atoms with Gasteiger partial charge >= 0.3 is 0 Å². The summed E-state index contributed by atoms with van der Waals surface area (Å²) in [5.74, 6) is 2.40. The van der Waals surface area contributed by atoms with E-state index in [9.17, 15) is 8.42 Å². The lowest BCUT2D eigenvalue weighted by Crippen LogP contribution is -2.33. The van der Waals surface area contributed by atoms with Gasteiger partial charge in [-0.15, -0.1) is 6.42 Å². The largest absolute Gasteiger partial charge is 0.241 e. The molecule has 0 aliphatic carbocycles. The van der Waals surface area contributed by atoms with Gasteiger partial charge in [0.2, 0.25) is 10.0 Å². The molecule has 0 saturated carbocycles. The molecule has 4 heteroatoms. The molecule has 1 rings (SSSR count). The van der Waals surface area contributed by atoms with Gasteiger partial charge < -0.3 is 0 Å². The van der Waals surface area contributed by atoms with Crippen molar-refractivity contribution in [3.8, 4) is 12.3 Å². The molecule has 0 aromatic heterocycles. The Kier molecular flexibility index (Phi) is 4.11. The van der Waals surface area contributed by atoms with Crippen LogP contribution >= 0.6 is 0 Å². The summed E-state index contributed by atoms with van der Waals surface area (Å²) in [6.07, 6.45) is 5.79. The van der Waals surface area contributed by atoms with E-state index in [2.05, 4.69) is 10.6 Å². The maximum atomic E-state index is 11.9. The highest BCUT2D eigenvalue weighted by atomic mass is 32.2. The predicted octanol–water partition coefficient (Wildman–Crippen LogP) is 1.69. The van der Waals surface area contributed by atoms with Crippen LogP contribution in [-0.2, 0) is 10.0 Å². The molecule has 1 N–H and O–H groups in total. The minimum Gasteiger partial charge on any atom is -0.207 e. The van der Waals surface area contributed by atoms with Gasteiger partial charge in [-0.05, 0) is 31.0 Å². The van der Waals surface area contributed by atoms with E-state index in [0.717, 1.165) is 5.56 Å². The van der Waals surface area contributed by atoms with Crippen LogP contribution in [0.25, 0.3) is 0 Å². The Morgan fingerprint density at radius 2 is 2.19 bits per heavy atom. The van der Waals surface area contributed by atoms with Crippen molar-refractivity contribution in [2.45, 2.75) is 31.2 Å². The molecule has 0 spiro atoms. The molecule has 0 fully saturated rings. The first-order valence-electron chi connectivity index (χ1n) is 5.04. The lowest BCUT2D eigenvalue weighted by atomic mass is 10.2. The summed E-state index contributed by atoms with van der Waals surface area (Å²) in [7, 11) is -3.50. The molecule has 3 nitrogen and oxygen atoms in total. The third kappa shape index (κ3) is 3.09. The number of terminal acetylenes is 1. The Labute approximate surface area is 96.9 Å². The Balaban J connectivity index is 3.00. The van der Waals surface area contributed by atoms with Gasteiger partial charge in [0.25, 0.3) is 0 Å². The van der Waals surface area contributed by atoms with Crippen molar-refractivity contribution in [1.82, 2.24) is 4.72 Å². The summed E-state index contributed by atoms with van der Waals surface area (Å²) in [5, 5.41) is 0. The first kappa shape index (κ1) is 12.8. The summed E-state index contributed by atoms with van der Waals surface area (Å²) in [5.41, 5.74) is 0.900. The standard InChI is InChI=1S/C12H15NO2S/c1-4-11(5-2)13-16(14,15)12-8-6-7-10(3)9-12/h1,6-9,11,13H,5H2,2-3H3. The third-order valence-corrected chi connectivity index (χ3v) is 3.68. The van der Waals surface area contributed by atoms with Crippen LogP contribution in [0.1, 0.15) is 18.9 Å². The predicted molar refractivity (Wildman–Crippen MR) is 64.4 cm³/mol. The molecule has 0 radical (unpaired) electrons. The van der Waals surface area contributed by atoms with E-state index in [1.807, 2.05) is 19.9 Å². The Hall–Kier alpha value is -1.31. The smallest absolute Gasteiger partial charge is 0.207 e. The molecule has 0 saturated heterocycles. The van der Waals surface area contributed by atoms with Gasteiger partial charge in [0.05, 0.1) is 10.9 Å². The summed E-state index contributed by atoms with van der Waals surface area (Å²) in [4.78, 5) is 0.251. The van der Waals surface area contributed by atoms with Gasteiger partial charge in [-0.25, -0.2) is 8.42 Å². The second-order valence-corrected chi connectivity index (χ2v) is 5.28. The zero-order valence-electron chi connectivity index (χ0n) is 9.40. The minimum absolute atomic E-state index is 0.251. The topological polar surface area (TPSA) is 46.2 Å². The summed E-state index contributed by atoms with van der Waals surface area (Å²) in [6.45, 7) is 3.68. The highest BCUT2D eigenvalue weighted by Crippen LogP contribution is 2.11. The van der Waals surface area contributed by atoms with Crippen molar-refractivity contribution in [2.24, 2.45) is 0 Å². The molecular weight excluding hydrogens is 222 g/mol. The third-order valence-electron chi connectivity index (χ3n) is 2.21. The van der Waals surface area contributed by atoms with Gasteiger partial charge in [0.1, 0.15) is 0 Å². The molecule has 0 heterocycles. The molecule has 16 heavy (non-hydrogen) atoms. The number of sulfonamides is 1. The van der Waals surface area contributed by atoms with Crippen molar-refractivity contribution in [3.05, 3.63) is 29.8 Å². The number of rotatable bonds is 4. The molecule has 0 aliphatic rings. The second kappa shape index (κ2) is 5.15. The van der Waals surface area contributed by atoms with E-state index in [0.29, 0.717) is 6.42 Å². The second-order valence-electron chi connectivity index (χ2n) is 3.57. The van der Waals surface area contributed by atoms with E-state index in [-0.39, 0.29) is 4.90 Å². The molecule has 1 unspecified atom stereocenters. The van der Waals surface area contributed by atoms with E-state index in [1.54, 1.807) is 18.2 Å². The molecule has 0 aliphatic heterocycles. The van der Waals surface area contributed by atoms with Crippen molar-refractivity contribution in [3.63, 3.8) is 0 Å². The van der Waals surface area contributed by atoms with Crippen molar-refractivity contribution in [2.75, 3.05) is 0 Å². The molecule has 0 amide bonds. The van der Waals surface area contributed by atoms with Crippen LogP contribution in [0.15, 0.2) is 29.2 Å². The van der Waals surface area contributed by atoms with Crippen LogP contribution in [0.4, 0.5) is 0 Å². The first-order valence-corrected chi connectivity index (χ1v) is 6.53. The highest BCUT2D eigenvalue weighted by molar-refractivity contribution is 7.89. The molecule has 0 bridgehead atoms. The maximum absolute atomic E-state index is 11.9. The highest BCUT2D eigenvalue weighted by Gasteiger charge is 2.17. The fraction of sp³-hybridized carbons (Fsp3) is 0.333. The van der Waals surface area contributed by atoms with Crippen molar-refractivity contribution >= 4 is 10.0 Å². The van der Waals surface area contributed by atoms with Gasteiger partial charge in [-0.3, -0.25) is 0 Å². The van der Waals surface area contributed by atoms with Crippen molar-refractivity contribution in [1.29, 1.82) is 0 Å². The quantitative estimate of drug-likeness (QED) is 0.810.